The molecule has 1 aliphatic heterocycles. The number of nitrogens with zero attached hydrogens (tertiary/aromatic N) is 1. The van der Waals surface area contributed by atoms with Crippen LogP contribution in [0.25, 0.3) is 0 Å². The van der Waals surface area contributed by atoms with Gasteiger partial charge in [0.15, 0.2) is 18.1 Å². The summed E-state index contributed by atoms with van der Waals surface area (Å²) in [7, 11) is 0. The summed E-state index contributed by atoms with van der Waals surface area (Å²) in [4.78, 5) is 12.7. The Morgan fingerprint density at radius 2 is 2.27 bits per heavy atom. The van der Waals surface area contributed by atoms with E-state index >= 15 is 0 Å². The van der Waals surface area contributed by atoms with Gasteiger partial charge in [-0.05, 0) is 36.1 Å². The Labute approximate surface area is 131 Å². The van der Waals surface area contributed by atoms with E-state index in [0.717, 1.165) is 10.4 Å². The van der Waals surface area contributed by atoms with Gasteiger partial charge in [0, 0.05) is 10.9 Å². The van der Waals surface area contributed by atoms with Gasteiger partial charge in [0.2, 0.25) is 6.79 Å². The average molecular weight is 318 g/mol. The lowest BCUT2D eigenvalue weighted by Gasteiger charge is -2.05. The second kappa shape index (κ2) is 6.48. The maximum atomic E-state index is 11.7. The third-order valence-corrected chi connectivity index (χ3v) is 3.94. The lowest BCUT2D eigenvalue weighted by Crippen LogP contribution is -2.24. The predicted octanol–water partition coefficient (Wildman–Crippen LogP) is 2.31. The van der Waals surface area contributed by atoms with Crippen LogP contribution in [0.3, 0.4) is 0 Å². The Morgan fingerprint density at radius 1 is 1.41 bits per heavy atom. The largest absolute Gasteiger partial charge is 0.484 e. The number of ether oxygens (including phenoxy) is 3. The number of hydrogen-bond acceptors (Lipinski definition) is 6. The Kier molecular flexibility index (Phi) is 4.24. The van der Waals surface area contributed by atoms with Crippen molar-refractivity contribution in [2.45, 2.75) is 6.92 Å². The summed E-state index contributed by atoms with van der Waals surface area (Å²) in [6, 6.07) is 7.15. The van der Waals surface area contributed by atoms with Gasteiger partial charge in [-0.1, -0.05) is 0 Å². The first kappa shape index (κ1) is 14.4. The molecule has 6 nitrogen and oxygen atoms in total. The molecule has 22 heavy (non-hydrogen) atoms. The van der Waals surface area contributed by atoms with E-state index in [1.165, 1.54) is 0 Å². The fraction of sp³-hybridized carbons (Fsp3) is 0.200. The van der Waals surface area contributed by atoms with Crippen LogP contribution in [0.2, 0.25) is 0 Å². The first-order chi connectivity index (χ1) is 10.7. The van der Waals surface area contributed by atoms with Crippen molar-refractivity contribution in [3.05, 3.63) is 40.1 Å². The van der Waals surface area contributed by atoms with Crippen molar-refractivity contribution in [1.82, 2.24) is 5.43 Å². The minimum atomic E-state index is -0.330. The number of aryl methyl sites for hydroxylation is 1. The number of rotatable bonds is 5. The van der Waals surface area contributed by atoms with Crippen LogP contribution in [0.5, 0.6) is 17.2 Å². The zero-order chi connectivity index (χ0) is 15.4. The maximum absolute atomic E-state index is 11.7. The standard InChI is InChI=1S/C15H14N2O4S/c1-10-4-5-22-14(10)7-16-17-15(18)8-19-11-2-3-12-13(6-11)21-9-20-12/h2-7H,8-9H2,1H3,(H,17,18). The first-order valence-corrected chi connectivity index (χ1v) is 7.49. The number of fused-ring (bicyclic) bond motifs is 1. The third kappa shape index (κ3) is 3.37. The number of carbonyl (C=O) groups excluding carboxylic acids is 1. The Morgan fingerprint density at radius 3 is 3.09 bits per heavy atom. The van der Waals surface area contributed by atoms with E-state index in [0.29, 0.717) is 17.2 Å². The molecule has 0 atom stereocenters. The Balaban J connectivity index is 1.48. The number of benzene rings is 1. The van der Waals surface area contributed by atoms with Crippen molar-refractivity contribution in [2.24, 2.45) is 5.10 Å². The molecule has 0 fully saturated rings. The van der Waals surface area contributed by atoms with E-state index < -0.39 is 0 Å². The highest BCUT2D eigenvalue weighted by Gasteiger charge is 2.14. The van der Waals surface area contributed by atoms with Crippen LogP contribution in [0.1, 0.15) is 10.4 Å². The van der Waals surface area contributed by atoms with Gasteiger partial charge in [0.25, 0.3) is 5.91 Å². The Hall–Kier alpha value is -2.54. The highest BCUT2D eigenvalue weighted by Crippen LogP contribution is 2.34. The average Bonchev–Trinajstić information content (AvgIpc) is 3.14. The number of hydrogen-bond donors (Lipinski definition) is 1. The zero-order valence-corrected chi connectivity index (χ0v) is 12.7. The molecule has 1 aromatic heterocycles. The lowest BCUT2D eigenvalue weighted by atomic mass is 10.3. The lowest BCUT2D eigenvalue weighted by molar-refractivity contribution is -0.123. The molecule has 7 heteroatoms. The number of hydrazone groups is 1. The number of carbonyl (C=O) groups is 1. The molecule has 3 rings (SSSR count). The van der Waals surface area contributed by atoms with Crippen molar-refractivity contribution in [3.8, 4) is 17.2 Å². The molecule has 114 valence electrons. The summed E-state index contributed by atoms with van der Waals surface area (Å²) in [6.45, 7) is 2.07. The van der Waals surface area contributed by atoms with Gasteiger partial charge in [-0.25, -0.2) is 5.43 Å². The maximum Gasteiger partial charge on any atom is 0.277 e. The van der Waals surface area contributed by atoms with Gasteiger partial charge in [-0.3, -0.25) is 4.79 Å². The molecule has 1 amide bonds. The minimum absolute atomic E-state index is 0.125. The van der Waals surface area contributed by atoms with Crippen molar-refractivity contribution >= 4 is 23.5 Å². The number of nitrogens with one attached hydrogen (secondary N) is 1. The van der Waals surface area contributed by atoms with Crippen LogP contribution in [0.4, 0.5) is 0 Å². The number of amides is 1. The topological polar surface area (TPSA) is 69.2 Å². The zero-order valence-electron chi connectivity index (χ0n) is 11.9. The van der Waals surface area contributed by atoms with E-state index in [2.05, 4.69) is 10.5 Å². The fourth-order valence-electron chi connectivity index (χ4n) is 1.83. The smallest absolute Gasteiger partial charge is 0.277 e. The van der Waals surface area contributed by atoms with Crippen LogP contribution in [0.15, 0.2) is 34.7 Å². The highest BCUT2D eigenvalue weighted by molar-refractivity contribution is 7.11. The molecule has 0 aliphatic carbocycles. The molecule has 0 saturated heterocycles. The summed E-state index contributed by atoms with van der Waals surface area (Å²) in [5, 5.41) is 5.88. The van der Waals surface area contributed by atoms with Gasteiger partial charge in [-0.15, -0.1) is 11.3 Å². The monoisotopic (exact) mass is 318 g/mol. The first-order valence-electron chi connectivity index (χ1n) is 6.61. The van der Waals surface area contributed by atoms with Gasteiger partial charge in [-0.2, -0.15) is 5.10 Å². The van der Waals surface area contributed by atoms with Gasteiger partial charge in [0.1, 0.15) is 5.75 Å². The molecule has 0 bridgehead atoms. The van der Waals surface area contributed by atoms with Crippen molar-refractivity contribution in [2.75, 3.05) is 13.4 Å². The summed E-state index contributed by atoms with van der Waals surface area (Å²) >= 11 is 1.57. The van der Waals surface area contributed by atoms with Crippen LogP contribution in [-0.2, 0) is 4.79 Å². The van der Waals surface area contributed by atoms with E-state index in [1.807, 2.05) is 18.4 Å². The SMILES string of the molecule is Cc1ccsc1C=NNC(=O)COc1ccc2c(c1)OCO2. The second-order valence-corrected chi connectivity index (χ2v) is 5.51. The summed E-state index contributed by atoms with van der Waals surface area (Å²) in [5.41, 5.74) is 3.55. The Bertz CT molecular complexity index is 711. The molecular formula is C15H14N2O4S. The summed E-state index contributed by atoms with van der Waals surface area (Å²) in [5.74, 6) is 1.50. The van der Waals surface area contributed by atoms with Gasteiger partial charge in [0.05, 0.1) is 6.21 Å². The van der Waals surface area contributed by atoms with Crippen molar-refractivity contribution < 1.29 is 19.0 Å². The number of thiophene rings is 1. The van der Waals surface area contributed by atoms with E-state index in [-0.39, 0.29) is 19.3 Å². The summed E-state index contributed by atoms with van der Waals surface area (Å²) in [6.07, 6.45) is 1.62. The van der Waals surface area contributed by atoms with Gasteiger partial charge >= 0.3 is 0 Å². The molecule has 2 aromatic rings. The van der Waals surface area contributed by atoms with Crippen LogP contribution < -0.4 is 19.6 Å². The molecule has 1 N–H and O–H groups in total. The third-order valence-electron chi connectivity index (χ3n) is 2.99. The molecule has 1 aromatic carbocycles. The van der Waals surface area contributed by atoms with Crippen molar-refractivity contribution in [1.29, 1.82) is 0 Å². The quantitative estimate of drug-likeness (QED) is 0.678. The molecule has 0 saturated carbocycles. The van der Waals surface area contributed by atoms with Gasteiger partial charge < -0.3 is 14.2 Å². The van der Waals surface area contributed by atoms with Crippen LogP contribution in [-0.4, -0.2) is 25.5 Å². The summed E-state index contributed by atoms with van der Waals surface area (Å²) < 4.78 is 15.8. The molecule has 0 unspecified atom stereocenters. The molecular weight excluding hydrogens is 304 g/mol. The van der Waals surface area contributed by atoms with E-state index in [4.69, 9.17) is 14.2 Å². The molecule has 0 radical (unpaired) electrons. The molecule has 0 spiro atoms. The highest BCUT2D eigenvalue weighted by atomic mass is 32.1. The van der Waals surface area contributed by atoms with E-state index in [1.54, 1.807) is 35.8 Å². The predicted molar refractivity (Wildman–Crippen MR) is 82.9 cm³/mol. The van der Waals surface area contributed by atoms with Crippen molar-refractivity contribution in [3.63, 3.8) is 0 Å². The normalized spacial score (nSPS) is 12.6. The molecule has 1 aliphatic rings. The van der Waals surface area contributed by atoms with Crippen LogP contribution >= 0.6 is 11.3 Å². The fourth-order valence-corrected chi connectivity index (χ4v) is 2.61. The van der Waals surface area contributed by atoms with E-state index in [9.17, 15) is 4.79 Å². The second-order valence-electron chi connectivity index (χ2n) is 4.56. The minimum Gasteiger partial charge on any atom is -0.484 e. The van der Waals surface area contributed by atoms with Crippen LogP contribution in [0, 0.1) is 6.92 Å². The molecule has 2 heterocycles.